The molecular formula is C12H25N3O. The van der Waals surface area contributed by atoms with Gasteiger partial charge in [-0.1, -0.05) is 6.92 Å². The summed E-state index contributed by atoms with van der Waals surface area (Å²) < 4.78 is 0. The van der Waals surface area contributed by atoms with Gasteiger partial charge in [0.25, 0.3) is 0 Å². The van der Waals surface area contributed by atoms with Crippen molar-refractivity contribution >= 4 is 5.91 Å². The van der Waals surface area contributed by atoms with Crippen LogP contribution in [-0.4, -0.2) is 61.5 Å². The summed E-state index contributed by atoms with van der Waals surface area (Å²) in [7, 11) is 3.82. The minimum absolute atomic E-state index is 0.00690. The first kappa shape index (κ1) is 13.5. The molecule has 0 bridgehead atoms. The van der Waals surface area contributed by atoms with Crippen molar-refractivity contribution in [1.29, 1.82) is 0 Å². The third-order valence-electron chi connectivity index (χ3n) is 3.53. The highest BCUT2D eigenvalue weighted by Gasteiger charge is 2.32. The smallest absolute Gasteiger partial charge is 0.240 e. The van der Waals surface area contributed by atoms with Gasteiger partial charge in [0, 0.05) is 32.7 Å². The first-order chi connectivity index (χ1) is 7.61. The van der Waals surface area contributed by atoms with Crippen LogP contribution in [-0.2, 0) is 4.79 Å². The maximum atomic E-state index is 12.2. The number of likely N-dealkylation sites (N-methyl/N-ethyl adjacent to an activating group) is 2. The van der Waals surface area contributed by atoms with Crippen LogP contribution in [0.4, 0.5) is 0 Å². The molecule has 1 rings (SSSR count). The Kier molecular flexibility index (Phi) is 5.22. The highest BCUT2D eigenvalue weighted by atomic mass is 16.2. The van der Waals surface area contributed by atoms with Gasteiger partial charge >= 0.3 is 0 Å². The van der Waals surface area contributed by atoms with E-state index in [-0.39, 0.29) is 11.9 Å². The van der Waals surface area contributed by atoms with Crippen molar-refractivity contribution in [2.45, 2.75) is 38.8 Å². The molecule has 16 heavy (non-hydrogen) atoms. The molecule has 0 aromatic heterocycles. The Morgan fingerprint density at radius 1 is 1.50 bits per heavy atom. The van der Waals surface area contributed by atoms with Crippen molar-refractivity contribution in [2.75, 3.05) is 33.7 Å². The number of amides is 1. The van der Waals surface area contributed by atoms with E-state index in [9.17, 15) is 4.79 Å². The number of hydrogen-bond donors (Lipinski definition) is 1. The van der Waals surface area contributed by atoms with Crippen LogP contribution in [0.15, 0.2) is 0 Å². The Morgan fingerprint density at radius 2 is 2.19 bits per heavy atom. The van der Waals surface area contributed by atoms with Crippen LogP contribution < -0.4 is 5.32 Å². The van der Waals surface area contributed by atoms with E-state index < -0.39 is 0 Å². The van der Waals surface area contributed by atoms with E-state index in [4.69, 9.17) is 0 Å². The number of nitrogens with one attached hydrogen (secondary N) is 1. The maximum absolute atomic E-state index is 12.2. The molecular weight excluding hydrogens is 202 g/mol. The molecule has 0 aromatic rings. The van der Waals surface area contributed by atoms with E-state index in [0.717, 1.165) is 32.5 Å². The Labute approximate surface area is 99.0 Å². The second-order valence-electron chi connectivity index (χ2n) is 4.68. The first-order valence-electron chi connectivity index (χ1n) is 6.27. The van der Waals surface area contributed by atoms with E-state index in [2.05, 4.69) is 24.1 Å². The summed E-state index contributed by atoms with van der Waals surface area (Å²) in [6.07, 6.45) is 2.17. The molecule has 1 amide bonds. The van der Waals surface area contributed by atoms with Crippen LogP contribution in [0.1, 0.15) is 26.7 Å². The normalized spacial score (nSPS) is 25.6. The fourth-order valence-corrected chi connectivity index (χ4v) is 2.31. The van der Waals surface area contributed by atoms with Crippen molar-refractivity contribution < 1.29 is 4.79 Å². The third-order valence-corrected chi connectivity index (χ3v) is 3.53. The van der Waals surface area contributed by atoms with Crippen molar-refractivity contribution in [3.05, 3.63) is 0 Å². The van der Waals surface area contributed by atoms with Crippen LogP contribution in [0.5, 0.6) is 0 Å². The van der Waals surface area contributed by atoms with Gasteiger partial charge in [0.15, 0.2) is 0 Å². The van der Waals surface area contributed by atoms with Crippen molar-refractivity contribution in [3.63, 3.8) is 0 Å². The molecule has 0 aromatic carbocycles. The molecule has 1 heterocycles. The Bertz CT molecular complexity index is 232. The third kappa shape index (κ3) is 2.95. The highest BCUT2D eigenvalue weighted by molar-refractivity contribution is 5.82. The predicted octanol–water partition coefficient (Wildman–Crippen LogP) is 0.537. The van der Waals surface area contributed by atoms with Gasteiger partial charge in [0.2, 0.25) is 5.91 Å². The maximum Gasteiger partial charge on any atom is 0.240 e. The lowest BCUT2D eigenvalue weighted by Crippen LogP contribution is -2.52. The summed E-state index contributed by atoms with van der Waals surface area (Å²) in [5, 5.41) is 3.14. The molecule has 1 aliphatic heterocycles. The summed E-state index contributed by atoms with van der Waals surface area (Å²) in [6, 6.07) is 0.487. The van der Waals surface area contributed by atoms with Crippen molar-refractivity contribution in [3.8, 4) is 0 Å². The van der Waals surface area contributed by atoms with E-state index in [1.165, 1.54) is 0 Å². The van der Waals surface area contributed by atoms with Gasteiger partial charge < -0.3 is 10.2 Å². The lowest BCUT2D eigenvalue weighted by molar-refractivity contribution is -0.134. The zero-order valence-corrected chi connectivity index (χ0v) is 11.0. The van der Waals surface area contributed by atoms with Crippen LogP contribution in [0.3, 0.4) is 0 Å². The number of carbonyl (C=O) groups excluding carboxylic acids is 1. The largest absolute Gasteiger partial charge is 0.344 e. The molecule has 4 nitrogen and oxygen atoms in total. The van der Waals surface area contributed by atoms with Gasteiger partial charge in [0.05, 0.1) is 0 Å². The molecule has 94 valence electrons. The lowest BCUT2D eigenvalue weighted by Gasteiger charge is -2.34. The molecule has 1 N–H and O–H groups in total. The van der Waals surface area contributed by atoms with Gasteiger partial charge in [-0.05, 0) is 26.8 Å². The Hall–Kier alpha value is -0.610. The van der Waals surface area contributed by atoms with E-state index in [1.54, 1.807) is 0 Å². The Morgan fingerprint density at radius 3 is 2.75 bits per heavy atom. The molecule has 0 radical (unpaired) electrons. The van der Waals surface area contributed by atoms with Gasteiger partial charge in [-0.15, -0.1) is 0 Å². The zero-order valence-electron chi connectivity index (χ0n) is 11.0. The molecule has 1 fully saturated rings. The number of carbonyl (C=O) groups is 1. The summed E-state index contributed by atoms with van der Waals surface area (Å²) in [4.78, 5) is 16.4. The second kappa shape index (κ2) is 6.21. The minimum Gasteiger partial charge on any atom is -0.344 e. The Balaban J connectivity index is 2.81. The first-order valence-corrected chi connectivity index (χ1v) is 6.27. The molecule has 2 unspecified atom stereocenters. The van der Waals surface area contributed by atoms with Crippen LogP contribution in [0.2, 0.25) is 0 Å². The van der Waals surface area contributed by atoms with Gasteiger partial charge in [0.1, 0.15) is 6.04 Å². The summed E-state index contributed by atoms with van der Waals surface area (Å²) in [5.74, 6) is 0.257. The van der Waals surface area contributed by atoms with Gasteiger partial charge in [-0.25, -0.2) is 0 Å². The van der Waals surface area contributed by atoms with Crippen LogP contribution in [0.25, 0.3) is 0 Å². The topological polar surface area (TPSA) is 35.6 Å². The second-order valence-corrected chi connectivity index (χ2v) is 4.68. The number of hydrogen-bond acceptors (Lipinski definition) is 3. The van der Waals surface area contributed by atoms with Gasteiger partial charge in [-0.2, -0.15) is 0 Å². The fraction of sp³-hybridized carbons (Fsp3) is 0.917. The van der Waals surface area contributed by atoms with Crippen molar-refractivity contribution in [1.82, 2.24) is 15.1 Å². The predicted molar refractivity (Wildman–Crippen MR) is 66.4 cm³/mol. The van der Waals surface area contributed by atoms with Crippen LogP contribution in [0, 0.1) is 0 Å². The molecule has 4 heteroatoms. The zero-order chi connectivity index (χ0) is 12.1. The molecule has 0 saturated carbocycles. The fourth-order valence-electron chi connectivity index (χ4n) is 2.31. The van der Waals surface area contributed by atoms with E-state index in [1.807, 2.05) is 19.0 Å². The monoisotopic (exact) mass is 227 g/mol. The molecule has 2 atom stereocenters. The summed E-state index contributed by atoms with van der Waals surface area (Å²) >= 11 is 0. The molecule has 1 aliphatic rings. The minimum atomic E-state index is 0.00690. The number of rotatable bonds is 4. The highest BCUT2D eigenvalue weighted by Crippen LogP contribution is 2.15. The average molecular weight is 227 g/mol. The van der Waals surface area contributed by atoms with E-state index >= 15 is 0 Å². The number of nitrogens with zero attached hydrogens (tertiary/aromatic N) is 2. The summed E-state index contributed by atoms with van der Waals surface area (Å²) in [5.41, 5.74) is 0. The molecule has 0 aliphatic carbocycles. The standard InChI is InChI=1S/C12H25N3O/c1-5-10(2)15-8-6-7-14(4)12(16)11(15)9-13-3/h10-11,13H,5-9H2,1-4H3. The van der Waals surface area contributed by atoms with Crippen LogP contribution >= 0.6 is 0 Å². The van der Waals surface area contributed by atoms with Crippen molar-refractivity contribution in [2.24, 2.45) is 0 Å². The lowest BCUT2D eigenvalue weighted by atomic mass is 10.1. The molecule has 0 spiro atoms. The van der Waals surface area contributed by atoms with E-state index in [0.29, 0.717) is 6.04 Å². The quantitative estimate of drug-likeness (QED) is 0.761. The SMILES string of the molecule is CCC(C)N1CCCN(C)C(=O)C1CNC. The average Bonchev–Trinajstić information content (AvgIpc) is 2.42. The molecule has 1 saturated heterocycles. The summed E-state index contributed by atoms with van der Waals surface area (Å²) in [6.45, 7) is 7.04. The van der Waals surface area contributed by atoms with Gasteiger partial charge in [-0.3, -0.25) is 9.69 Å².